The molecule has 8 nitrogen and oxygen atoms in total. The van der Waals surface area contributed by atoms with E-state index in [0.717, 1.165) is 10.1 Å². The number of nitrogens with zero attached hydrogens (tertiary/aromatic N) is 3. The Bertz CT molecular complexity index is 1400. The number of carbonyl (C=O) groups is 1. The van der Waals surface area contributed by atoms with Crippen LogP contribution in [0, 0.1) is 6.92 Å². The van der Waals surface area contributed by atoms with Crippen molar-refractivity contribution in [2.24, 2.45) is 0 Å². The van der Waals surface area contributed by atoms with Gasteiger partial charge in [-0.15, -0.1) is 11.3 Å². The third-order valence-corrected chi connectivity index (χ3v) is 6.82. The van der Waals surface area contributed by atoms with Gasteiger partial charge in [0.05, 0.1) is 12.8 Å². The molecule has 4 aromatic rings. The molecule has 0 unspecified atom stereocenters. The molecule has 10 heteroatoms. The number of carbonyl (C=O) groups excluding carboxylic acids is 1. The summed E-state index contributed by atoms with van der Waals surface area (Å²) in [6, 6.07) is 13.9. The van der Waals surface area contributed by atoms with Crippen molar-refractivity contribution in [1.82, 2.24) is 14.1 Å². The number of rotatable bonds is 6. The number of hydrogen-bond donors (Lipinski definition) is 1. The number of nitrogens with one attached hydrogen (secondary N) is 1. The van der Waals surface area contributed by atoms with Crippen molar-refractivity contribution >= 4 is 45.0 Å². The Morgan fingerprint density at radius 3 is 2.44 bits per heavy atom. The lowest BCUT2D eigenvalue weighted by Crippen LogP contribution is -2.40. The van der Waals surface area contributed by atoms with Gasteiger partial charge in [0.25, 0.3) is 5.56 Å². The van der Waals surface area contributed by atoms with Gasteiger partial charge in [-0.2, -0.15) is 0 Å². The van der Waals surface area contributed by atoms with E-state index < -0.39 is 17.2 Å². The van der Waals surface area contributed by atoms with Crippen LogP contribution in [0.25, 0.3) is 16.0 Å². The van der Waals surface area contributed by atoms with Crippen LogP contribution in [0.2, 0.25) is 0 Å². The van der Waals surface area contributed by atoms with E-state index in [2.05, 4.69) is 10.3 Å². The first kappa shape index (κ1) is 21.8. The topological polar surface area (TPSA) is 95.2 Å². The zero-order valence-corrected chi connectivity index (χ0v) is 19.3. The van der Waals surface area contributed by atoms with Crippen LogP contribution in [0.1, 0.15) is 5.56 Å². The first-order chi connectivity index (χ1) is 15.4. The number of amides is 1. The van der Waals surface area contributed by atoms with Gasteiger partial charge in [-0.1, -0.05) is 29.5 Å². The average molecular weight is 469 g/mol. The number of anilines is 1. The molecule has 32 heavy (non-hydrogen) atoms. The summed E-state index contributed by atoms with van der Waals surface area (Å²) in [5.41, 5.74) is 1.16. The molecule has 164 valence electrons. The summed E-state index contributed by atoms with van der Waals surface area (Å²) in [6.07, 6.45) is 1.84. The molecule has 1 N–H and O–H groups in total. The maximum atomic E-state index is 13.3. The van der Waals surface area contributed by atoms with Crippen LogP contribution in [0.3, 0.4) is 0 Å². The van der Waals surface area contributed by atoms with E-state index in [0.29, 0.717) is 26.2 Å². The van der Waals surface area contributed by atoms with Crippen LogP contribution in [-0.2, 0) is 11.3 Å². The molecule has 4 rings (SSSR count). The molecule has 0 spiro atoms. The third-order valence-electron chi connectivity index (χ3n) is 4.81. The Kier molecular flexibility index (Phi) is 6.15. The van der Waals surface area contributed by atoms with E-state index in [1.807, 2.05) is 25.3 Å². The molecule has 0 bridgehead atoms. The molecule has 0 saturated heterocycles. The second-order valence-electron chi connectivity index (χ2n) is 6.96. The predicted molar refractivity (Wildman–Crippen MR) is 128 cm³/mol. The standard InChI is InChI=1S/C22H20N4O4S2/c1-13-4-8-15(9-5-13)26-20(28)18-19(24-21(31-3)32-18)25(22(26)29)12-17(27)23-14-6-10-16(30-2)11-7-14/h4-11H,12H2,1-3H3,(H,23,27). The minimum Gasteiger partial charge on any atom is -0.497 e. The van der Waals surface area contributed by atoms with Crippen molar-refractivity contribution in [1.29, 1.82) is 0 Å². The number of ether oxygens (including phenoxy) is 1. The maximum absolute atomic E-state index is 13.3. The predicted octanol–water partition coefficient (Wildman–Crippen LogP) is 3.29. The van der Waals surface area contributed by atoms with Crippen molar-refractivity contribution in [2.75, 3.05) is 18.7 Å². The number of aromatic nitrogens is 3. The SMILES string of the molecule is COc1ccc(NC(=O)Cn2c(=O)n(-c3ccc(C)cc3)c(=O)c3sc(SC)nc32)cc1. The largest absolute Gasteiger partial charge is 0.497 e. The molecule has 0 saturated carbocycles. The van der Waals surface area contributed by atoms with Gasteiger partial charge in [0, 0.05) is 5.69 Å². The van der Waals surface area contributed by atoms with Crippen molar-refractivity contribution in [3.63, 3.8) is 0 Å². The number of methoxy groups -OCH3 is 1. The molecular formula is C22H20N4O4S2. The number of benzene rings is 2. The maximum Gasteiger partial charge on any atom is 0.337 e. The van der Waals surface area contributed by atoms with E-state index in [-0.39, 0.29) is 12.2 Å². The number of thiazole rings is 1. The third kappa shape index (κ3) is 4.19. The van der Waals surface area contributed by atoms with Crippen LogP contribution in [-0.4, -0.2) is 33.4 Å². The highest BCUT2D eigenvalue weighted by Crippen LogP contribution is 2.25. The van der Waals surface area contributed by atoms with Crippen LogP contribution in [0.4, 0.5) is 5.69 Å². The van der Waals surface area contributed by atoms with Gasteiger partial charge in [-0.3, -0.25) is 14.2 Å². The molecule has 1 amide bonds. The highest BCUT2D eigenvalue weighted by Gasteiger charge is 2.20. The van der Waals surface area contributed by atoms with Gasteiger partial charge in [0.1, 0.15) is 17.0 Å². The van der Waals surface area contributed by atoms with Gasteiger partial charge < -0.3 is 10.1 Å². The molecule has 2 aromatic heterocycles. The quantitative estimate of drug-likeness (QED) is 0.437. The number of thioether (sulfide) groups is 1. The highest BCUT2D eigenvalue weighted by atomic mass is 32.2. The Labute approximate surface area is 191 Å². The highest BCUT2D eigenvalue weighted by molar-refractivity contribution is 8.00. The van der Waals surface area contributed by atoms with Crippen LogP contribution >= 0.6 is 23.1 Å². The van der Waals surface area contributed by atoms with E-state index >= 15 is 0 Å². The van der Waals surface area contributed by atoms with E-state index in [1.54, 1.807) is 43.5 Å². The van der Waals surface area contributed by atoms with Gasteiger partial charge in [0.2, 0.25) is 5.91 Å². The summed E-state index contributed by atoms with van der Waals surface area (Å²) in [4.78, 5) is 43.7. The molecule has 0 atom stereocenters. The van der Waals surface area contributed by atoms with E-state index in [1.165, 1.54) is 27.7 Å². The Balaban J connectivity index is 1.79. The zero-order valence-electron chi connectivity index (χ0n) is 17.6. The van der Waals surface area contributed by atoms with Crippen molar-refractivity contribution < 1.29 is 9.53 Å². The molecule has 0 aliphatic carbocycles. The van der Waals surface area contributed by atoms with Crippen molar-refractivity contribution in [2.45, 2.75) is 17.8 Å². The Morgan fingerprint density at radius 1 is 1.12 bits per heavy atom. The lowest BCUT2D eigenvalue weighted by molar-refractivity contribution is -0.116. The summed E-state index contributed by atoms with van der Waals surface area (Å²) < 4.78 is 8.42. The summed E-state index contributed by atoms with van der Waals surface area (Å²) in [5, 5.41) is 2.76. The minimum absolute atomic E-state index is 0.211. The average Bonchev–Trinajstić information content (AvgIpc) is 3.23. The summed E-state index contributed by atoms with van der Waals surface area (Å²) in [7, 11) is 1.56. The summed E-state index contributed by atoms with van der Waals surface area (Å²) in [6.45, 7) is 1.64. The summed E-state index contributed by atoms with van der Waals surface area (Å²) in [5.74, 6) is 0.254. The van der Waals surface area contributed by atoms with Crippen LogP contribution in [0.15, 0.2) is 62.5 Å². The smallest absolute Gasteiger partial charge is 0.337 e. The van der Waals surface area contributed by atoms with Gasteiger partial charge >= 0.3 is 5.69 Å². The van der Waals surface area contributed by atoms with Crippen molar-refractivity contribution in [3.8, 4) is 11.4 Å². The second-order valence-corrected chi connectivity index (χ2v) is 9.01. The monoisotopic (exact) mass is 468 g/mol. The fraction of sp³-hybridized carbons (Fsp3) is 0.182. The van der Waals surface area contributed by atoms with Gasteiger partial charge in [0.15, 0.2) is 9.99 Å². The zero-order chi connectivity index (χ0) is 22.8. The summed E-state index contributed by atoms with van der Waals surface area (Å²) >= 11 is 2.58. The number of fused-ring (bicyclic) bond motifs is 1. The minimum atomic E-state index is -0.616. The lowest BCUT2D eigenvalue weighted by atomic mass is 10.2. The Hall–Kier alpha value is -3.37. The van der Waals surface area contributed by atoms with E-state index in [4.69, 9.17) is 4.74 Å². The first-order valence-corrected chi connectivity index (χ1v) is 11.7. The molecule has 0 aliphatic heterocycles. The normalized spacial score (nSPS) is 11.0. The number of aryl methyl sites for hydroxylation is 1. The fourth-order valence-electron chi connectivity index (χ4n) is 3.18. The van der Waals surface area contributed by atoms with Crippen molar-refractivity contribution in [3.05, 3.63) is 74.9 Å². The molecule has 2 heterocycles. The lowest BCUT2D eigenvalue weighted by Gasteiger charge is -2.12. The molecule has 0 radical (unpaired) electrons. The number of hydrogen-bond acceptors (Lipinski definition) is 7. The second kappa shape index (κ2) is 9.01. The molecule has 2 aromatic carbocycles. The molecule has 0 aliphatic rings. The van der Waals surface area contributed by atoms with Gasteiger partial charge in [-0.05, 0) is 49.6 Å². The van der Waals surface area contributed by atoms with E-state index in [9.17, 15) is 14.4 Å². The van der Waals surface area contributed by atoms with Gasteiger partial charge in [-0.25, -0.2) is 14.3 Å². The molecular weight excluding hydrogens is 448 g/mol. The fourth-order valence-corrected chi connectivity index (χ4v) is 4.68. The van der Waals surface area contributed by atoms with Crippen LogP contribution < -0.4 is 21.3 Å². The molecule has 0 fully saturated rings. The first-order valence-electron chi connectivity index (χ1n) is 9.62. The van der Waals surface area contributed by atoms with Crippen LogP contribution in [0.5, 0.6) is 5.75 Å². The Morgan fingerprint density at radius 2 is 1.81 bits per heavy atom.